The van der Waals surface area contributed by atoms with Crippen LogP contribution in [0.15, 0.2) is 24.8 Å². The lowest BCUT2D eigenvalue weighted by atomic mass is 10.1. The first-order valence-corrected chi connectivity index (χ1v) is 4.58. The molecular weight excluding hydrogens is 202 g/mol. The first-order chi connectivity index (χ1) is 7.72. The number of rotatable bonds is 3. The number of terminal acetylenes is 1. The van der Waals surface area contributed by atoms with Crippen molar-refractivity contribution in [2.45, 2.75) is 0 Å². The Labute approximate surface area is 96.1 Å². The topological polar surface area (TPSA) is 38.3 Å². The monoisotopic (exact) mass is 217 g/mol. The zero-order valence-corrected chi connectivity index (χ0v) is 9.49. The second-order valence-corrected chi connectivity index (χ2v) is 2.74. The lowest BCUT2D eigenvalue weighted by Gasteiger charge is -2.06. The van der Waals surface area contributed by atoms with E-state index in [1.165, 1.54) is 0 Å². The molecule has 1 rings (SSSR count). The molecule has 0 aromatic heterocycles. The van der Waals surface area contributed by atoms with Gasteiger partial charge in [0.15, 0.2) is 0 Å². The van der Waals surface area contributed by atoms with Gasteiger partial charge in [0.2, 0.25) is 0 Å². The molecule has 0 aliphatic heterocycles. The van der Waals surface area contributed by atoms with Crippen LogP contribution in [0.5, 0.6) is 5.75 Å². The van der Waals surface area contributed by atoms with Gasteiger partial charge in [-0.15, -0.1) is 12.8 Å². The number of methoxy groups -OCH3 is 1. The van der Waals surface area contributed by atoms with Crippen LogP contribution in [0, 0.1) is 12.8 Å². The number of ether oxygens (including phenoxy) is 1. The number of nitrogens with one attached hydrogen (secondary N) is 1. The summed E-state index contributed by atoms with van der Waals surface area (Å²) in [4.78, 5) is 11.4. The van der Waals surface area contributed by atoms with Crippen LogP contribution in [-0.4, -0.2) is 20.1 Å². The Bertz CT molecular complexity index is 394. The van der Waals surface area contributed by atoms with E-state index < -0.39 is 0 Å². The summed E-state index contributed by atoms with van der Waals surface area (Å²) >= 11 is 0. The predicted molar refractivity (Wildman–Crippen MR) is 66.4 cm³/mol. The smallest absolute Gasteiger partial charge is 0.251 e. The average molecular weight is 217 g/mol. The van der Waals surface area contributed by atoms with E-state index in [9.17, 15) is 4.79 Å². The molecule has 0 fully saturated rings. The molecule has 0 saturated carbocycles. The molecule has 0 saturated heterocycles. The standard InChI is InChI=1S/C11H13NO2.C2H2/c1-4-8-7-9(14-3)5-6-10(8)11(13)12-2;1-2/h4-7H,1H2,2-3H3,(H,12,13);1-2H. The molecule has 3 heteroatoms. The number of carbonyl (C=O) groups is 1. The zero-order valence-electron chi connectivity index (χ0n) is 9.49. The minimum atomic E-state index is -0.123. The average Bonchev–Trinajstić information content (AvgIpc) is 2.39. The van der Waals surface area contributed by atoms with Crippen LogP contribution in [0.2, 0.25) is 0 Å². The molecule has 0 aliphatic rings. The zero-order chi connectivity index (χ0) is 12.6. The minimum absolute atomic E-state index is 0.123. The maximum absolute atomic E-state index is 11.4. The molecule has 84 valence electrons. The molecule has 1 N–H and O–H groups in total. The molecule has 0 radical (unpaired) electrons. The van der Waals surface area contributed by atoms with Crippen LogP contribution in [0.1, 0.15) is 15.9 Å². The minimum Gasteiger partial charge on any atom is -0.497 e. The van der Waals surface area contributed by atoms with E-state index in [1.54, 1.807) is 38.4 Å². The van der Waals surface area contributed by atoms with Crippen LogP contribution in [0.4, 0.5) is 0 Å². The largest absolute Gasteiger partial charge is 0.497 e. The van der Waals surface area contributed by atoms with Crippen molar-refractivity contribution < 1.29 is 9.53 Å². The molecule has 1 amide bonds. The fraction of sp³-hybridized carbons (Fsp3) is 0.154. The van der Waals surface area contributed by atoms with E-state index in [0.717, 1.165) is 5.56 Å². The highest BCUT2D eigenvalue weighted by Crippen LogP contribution is 2.18. The summed E-state index contributed by atoms with van der Waals surface area (Å²) in [6, 6.07) is 5.24. The highest BCUT2D eigenvalue weighted by molar-refractivity contribution is 5.97. The van der Waals surface area contributed by atoms with Gasteiger partial charge < -0.3 is 10.1 Å². The van der Waals surface area contributed by atoms with Crippen molar-refractivity contribution in [1.29, 1.82) is 0 Å². The van der Waals surface area contributed by atoms with Gasteiger partial charge in [0.25, 0.3) is 5.91 Å². The summed E-state index contributed by atoms with van der Waals surface area (Å²) in [6.07, 6.45) is 9.63. The second-order valence-electron chi connectivity index (χ2n) is 2.74. The molecule has 0 unspecified atom stereocenters. The molecule has 0 heterocycles. The summed E-state index contributed by atoms with van der Waals surface area (Å²) in [6.45, 7) is 3.65. The summed E-state index contributed by atoms with van der Waals surface area (Å²) < 4.78 is 5.05. The van der Waals surface area contributed by atoms with Crippen LogP contribution in [0.25, 0.3) is 6.08 Å². The van der Waals surface area contributed by atoms with Gasteiger partial charge in [0.05, 0.1) is 7.11 Å². The Balaban J connectivity index is 0.00000106. The maximum Gasteiger partial charge on any atom is 0.251 e. The maximum atomic E-state index is 11.4. The van der Waals surface area contributed by atoms with E-state index in [1.807, 2.05) is 0 Å². The Morgan fingerprint density at radius 1 is 1.50 bits per heavy atom. The summed E-state index contributed by atoms with van der Waals surface area (Å²) in [7, 11) is 3.18. The summed E-state index contributed by atoms with van der Waals surface area (Å²) in [5.74, 6) is 0.593. The Hall–Kier alpha value is -2.21. The molecule has 0 spiro atoms. The van der Waals surface area contributed by atoms with Gasteiger partial charge in [-0.1, -0.05) is 12.7 Å². The van der Waals surface area contributed by atoms with Crippen molar-refractivity contribution in [3.63, 3.8) is 0 Å². The van der Waals surface area contributed by atoms with Crippen molar-refractivity contribution in [3.8, 4) is 18.6 Å². The molecule has 16 heavy (non-hydrogen) atoms. The lowest BCUT2D eigenvalue weighted by Crippen LogP contribution is -2.18. The van der Waals surface area contributed by atoms with Gasteiger partial charge in [-0.05, 0) is 23.8 Å². The fourth-order valence-electron chi connectivity index (χ4n) is 1.18. The van der Waals surface area contributed by atoms with Crippen LogP contribution in [-0.2, 0) is 0 Å². The second kappa shape index (κ2) is 7.13. The quantitative estimate of drug-likeness (QED) is 0.786. The van der Waals surface area contributed by atoms with E-state index in [-0.39, 0.29) is 5.91 Å². The van der Waals surface area contributed by atoms with Gasteiger partial charge in [-0.2, -0.15) is 0 Å². The number of amides is 1. The third-order valence-corrected chi connectivity index (χ3v) is 1.95. The highest BCUT2D eigenvalue weighted by atomic mass is 16.5. The Morgan fingerprint density at radius 3 is 2.56 bits per heavy atom. The number of hydrogen-bond acceptors (Lipinski definition) is 2. The molecule has 0 atom stereocenters. The van der Waals surface area contributed by atoms with Gasteiger partial charge in [-0.3, -0.25) is 4.79 Å². The van der Waals surface area contributed by atoms with Crippen molar-refractivity contribution in [2.24, 2.45) is 0 Å². The fourth-order valence-corrected chi connectivity index (χ4v) is 1.18. The van der Waals surface area contributed by atoms with E-state index in [2.05, 4.69) is 24.7 Å². The predicted octanol–water partition coefficient (Wildman–Crippen LogP) is 1.95. The highest BCUT2D eigenvalue weighted by Gasteiger charge is 2.08. The molecule has 1 aromatic carbocycles. The van der Waals surface area contributed by atoms with Gasteiger partial charge in [0, 0.05) is 12.6 Å². The summed E-state index contributed by atoms with van der Waals surface area (Å²) in [5.41, 5.74) is 1.37. The van der Waals surface area contributed by atoms with Gasteiger partial charge in [0.1, 0.15) is 5.75 Å². The SMILES string of the molecule is C#C.C=Cc1cc(OC)ccc1C(=O)NC. The van der Waals surface area contributed by atoms with Crippen molar-refractivity contribution in [1.82, 2.24) is 5.32 Å². The van der Waals surface area contributed by atoms with Gasteiger partial charge >= 0.3 is 0 Å². The van der Waals surface area contributed by atoms with Crippen LogP contribution in [0.3, 0.4) is 0 Å². The molecule has 3 nitrogen and oxygen atoms in total. The van der Waals surface area contributed by atoms with E-state index in [0.29, 0.717) is 11.3 Å². The number of hydrogen-bond donors (Lipinski definition) is 1. The van der Waals surface area contributed by atoms with E-state index >= 15 is 0 Å². The molecule has 0 bridgehead atoms. The van der Waals surface area contributed by atoms with E-state index in [4.69, 9.17) is 4.74 Å². The normalized spacial score (nSPS) is 8.25. The van der Waals surface area contributed by atoms with Crippen molar-refractivity contribution in [2.75, 3.05) is 14.2 Å². The van der Waals surface area contributed by atoms with Crippen LogP contribution >= 0.6 is 0 Å². The lowest BCUT2D eigenvalue weighted by molar-refractivity contribution is 0.0963. The van der Waals surface area contributed by atoms with Crippen molar-refractivity contribution in [3.05, 3.63) is 35.9 Å². The van der Waals surface area contributed by atoms with Crippen LogP contribution < -0.4 is 10.1 Å². The first kappa shape index (κ1) is 13.8. The third kappa shape index (κ3) is 3.18. The molecule has 0 aliphatic carbocycles. The third-order valence-electron chi connectivity index (χ3n) is 1.95. The van der Waals surface area contributed by atoms with Gasteiger partial charge in [-0.25, -0.2) is 0 Å². The molecule has 1 aromatic rings. The number of carbonyl (C=O) groups excluding carboxylic acids is 1. The summed E-state index contributed by atoms with van der Waals surface area (Å²) in [5, 5.41) is 2.57. The Morgan fingerprint density at radius 2 is 2.12 bits per heavy atom. The molecular formula is C13H15NO2. The first-order valence-electron chi connectivity index (χ1n) is 4.58. The Kier molecular flexibility index (Phi) is 6.15. The number of benzene rings is 1. The van der Waals surface area contributed by atoms with Crippen molar-refractivity contribution >= 4 is 12.0 Å².